The monoisotopic (exact) mass is 248 g/mol. The Morgan fingerprint density at radius 3 is 2.89 bits per heavy atom. The van der Waals surface area contributed by atoms with Crippen LogP contribution in [0.5, 0.6) is 0 Å². The van der Waals surface area contributed by atoms with Crippen molar-refractivity contribution in [2.24, 2.45) is 0 Å². The molecule has 100 valence electrons. The van der Waals surface area contributed by atoms with E-state index >= 15 is 0 Å². The molecule has 0 spiro atoms. The van der Waals surface area contributed by atoms with Crippen LogP contribution in [0.25, 0.3) is 0 Å². The van der Waals surface area contributed by atoms with E-state index in [2.05, 4.69) is 48.3 Å². The molecule has 1 aliphatic heterocycles. The topological polar surface area (TPSA) is 24.5 Å². The van der Waals surface area contributed by atoms with Gasteiger partial charge in [0.15, 0.2) is 0 Å². The van der Waals surface area contributed by atoms with Crippen LogP contribution >= 0.6 is 0 Å². The van der Waals surface area contributed by atoms with Crippen LogP contribution in [0.2, 0.25) is 0 Å². The molecule has 0 aliphatic carbocycles. The molecule has 3 nitrogen and oxygen atoms in total. The van der Waals surface area contributed by atoms with Crippen molar-refractivity contribution in [2.75, 3.05) is 31.6 Å². The minimum atomic E-state index is 0.382. The summed E-state index contributed by atoms with van der Waals surface area (Å²) in [6, 6.07) is 9.09. The predicted molar refractivity (Wildman–Crippen MR) is 76.2 cm³/mol. The van der Waals surface area contributed by atoms with Crippen molar-refractivity contribution in [1.29, 1.82) is 0 Å². The molecule has 0 radical (unpaired) electrons. The first kappa shape index (κ1) is 13.4. The number of benzene rings is 1. The Hall–Kier alpha value is -1.06. The predicted octanol–water partition coefficient (Wildman–Crippen LogP) is 2.58. The molecule has 2 unspecified atom stereocenters. The van der Waals surface area contributed by atoms with Gasteiger partial charge in [-0.15, -0.1) is 0 Å². The Kier molecular flexibility index (Phi) is 4.61. The molecule has 1 aromatic rings. The van der Waals surface area contributed by atoms with Gasteiger partial charge in [-0.1, -0.05) is 25.1 Å². The molecule has 1 aliphatic rings. The Bertz CT molecular complexity index is 381. The lowest BCUT2D eigenvalue weighted by atomic mass is 10.1. The van der Waals surface area contributed by atoms with Crippen molar-refractivity contribution in [1.82, 2.24) is 5.32 Å². The normalized spacial score (nSPS) is 21.3. The number of ether oxygens (including phenoxy) is 1. The summed E-state index contributed by atoms with van der Waals surface area (Å²) in [5.74, 6) is 0. The smallest absolute Gasteiger partial charge is 0.0762 e. The summed E-state index contributed by atoms with van der Waals surface area (Å²) < 4.78 is 5.45. The van der Waals surface area contributed by atoms with Gasteiger partial charge in [-0.05, 0) is 31.5 Å². The lowest BCUT2D eigenvalue weighted by Gasteiger charge is -2.25. The summed E-state index contributed by atoms with van der Waals surface area (Å²) in [4.78, 5) is 2.44. The second-order valence-corrected chi connectivity index (χ2v) is 4.93. The standard InChI is InChI=1S/C15H24N2O/c1-4-16-12(2)14-7-5-6-8-15(14)17-10-9-13(11-17)18-3/h5-8,12-13,16H,4,9-11H2,1-3H3. The Morgan fingerprint density at radius 1 is 1.44 bits per heavy atom. The molecule has 1 aromatic carbocycles. The van der Waals surface area contributed by atoms with Crippen LogP contribution in [0.1, 0.15) is 31.9 Å². The highest BCUT2D eigenvalue weighted by molar-refractivity contribution is 5.55. The van der Waals surface area contributed by atoms with Gasteiger partial charge >= 0.3 is 0 Å². The fraction of sp³-hybridized carbons (Fsp3) is 0.600. The molecule has 1 saturated heterocycles. The maximum Gasteiger partial charge on any atom is 0.0762 e. The number of hydrogen-bond donors (Lipinski definition) is 1. The van der Waals surface area contributed by atoms with Gasteiger partial charge in [-0.25, -0.2) is 0 Å². The van der Waals surface area contributed by atoms with Crippen LogP contribution in [-0.4, -0.2) is 32.8 Å². The largest absolute Gasteiger partial charge is 0.380 e. The molecule has 1 fully saturated rings. The first-order valence-electron chi connectivity index (χ1n) is 6.86. The van der Waals surface area contributed by atoms with E-state index in [0.717, 1.165) is 26.1 Å². The molecule has 0 amide bonds. The van der Waals surface area contributed by atoms with Gasteiger partial charge in [0.25, 0.3) is 0 Å². The molecule has 0 saturated carbocycles. The molecule has 0 aromatic heterocycles. The SMILES string of the molecule is CCNC(C)c1ccccc1N1CCC(OC)C1. The Balaban J connectivity index is 2.17. The molecule has 0 bridgehead atoms. The summed E-state index contributed by atoms with van der Waals surface area (Å²) in [6.07, 6.45) is 1.51. The number of anilines is 1. The maximum absolute atomic E-state index is 5.45. The molecule has 2 rings (SSSR count). The molecule has 3 heteroatoms. The highest BCUT2D eigenvalue weighted by Crippen LogP contribution is 2.29. The van der Waals surface area contributed by atoms with E-state index in [-0.39, 0.29) is 0 Å². The highest BCUT2D eigenvalue weighted by Gasteiger charge is 2.24. The van der Waals surface area contributed by atoms with E-state index in [1.54, 1.807) is 7.11 Å². The van der Waals surface area contributed by atoms with Gasteiger partial charge in [0, 0.05) is 31.9 Å². The van der Waals surface area contributed by atoms with Crippen molar-refractivity contribution >= 4 is 5.69 Å². The van der Waals surface area contributed by atoms with Gasteiger partial charge in [-0.3, -0.25) is 0 Å². The third-order valence-corrected chi connectivity index (χ3v) is 3.73. The average Bonchev–Trinajstić information content (AvgIpc) is 2.87. The summed E-state index contributed by atoms with van der Waals surface area (Å²) in [5.41, 5.74) is 2.74. The zero-order valence-electron chi connectivity index (χ0n) is 11.6. The van der Waals surface area contributed by atoms with Gasteiger partial charge in [0.2, 0.25) is 0 Å². The molecule has 1 heterocycles. The van der Waals surface area contributed by atoms with Crippen molar-refractivity contribution in [3.63, 3.8) is 0 Å². The van der Waals surface area contributed by atoms with Gasteiger partial charge < -0.3 is 15.0 Å². The second-order valence-electron chi connectivity index (χ2n) is 4.93. The summed E-state index contributed by atoms with van der Waals surface area (Å²) in [5, 5.41) is 3.49. The van der Waals surface area contributed by atoms with Crippen molar-refractivity contribution in [3.05, 3.63) is 29.8 Å². The van der Waals surface area contributed by atoms with E-state index in [9.17, 15) is 0 Å². The number of methoxy groups -OCH3 is 1. The minimum absolute atomic E-state index is 0.382. The van der Waals surface area contributed by atoms with Gasteiger partial charge in [0.05, 0.1) is 6.10 Å². The third kappa shape index (κ3) is 2.85. The first-order chi connectivity index (χ1) is 8.76. The van der Waals surface area contributed by atoms with Crippen molar-refractivity contribution in [3.8, 4) is 0 Å². The quantitative estimate of drug-likeness (QED) is 0.867. The second kappa shape index (κ2) is 6.21. The number of nitrogens with zero attached hydrogens (tertiary/aromatic N) is 1. The van der Waals surface area contributed by atoms with E-state index in [4.69, 9.17) is 4.74 Å². The minimum Gasteiger partial charge on any atom is -0.380 e. The summed E-state index contributed by atoms with van der Waals surface area (Å²) in [7, 11) is 1.81. The van der Waals surface area contributed by atoms with Crippen LogP contribution in [-0.2, 0) is 4.74 Å². The van der Waals surface area contributed by atoms with Crippen LogP contribution < -0.4 is 10.2 Å². The Morgan fingerprint density at radius 2 is 2.22 bits per heavy atom. The van der Waals surface area contributed by atoms with E-state index in [1.807, 2.05) is 0 Å². The van der Waals surface area contributed by atoms with Crippen LogP contribution in [0.3, 0.4) is 0 Å². The molecule has 2 atom stereocenters. The van der Waals surface area contributed by atoms with Crippen LogP contribution in [0.15, 0.2) is 24.3 Å². The van der Waals surface area contributed by atoms with E-state index < -0.39 is 0 Å². The average molecular weight is 248 g/mol. The lowest BCUT2D eigenvalue weighted by molar-refractivity contribution is 0.121. The number of nitrogens with one attached hydrogen (secondary N) is 1. The highest BCUT2D eigenvalue weighted by atomic mass is 16.5. The molecule has 18 heavy (non-hydrogen) atoms. The van der Waals surface area contributed by atoms with E-state index in [0.29, 0.717) is 12.1 Å². The van der Waals surface area contributed by atoms with Gasteiger partial charge in [-0.2, -0.15) is 0 Å². The fourth-order valence-corrected chi connectivity index (χ4v) is 2.70. The van der Waals surface area contributed by atoms with Crippen LogP contribution in [0, 0.1) is 0 Å². The number of para-hydroxylation sites is 1. The molecule has 1 N–H and O–H groups in total. The maximum atomic E-state index is 5.45. The Labute approximate surface area is 110 Å². The summed E-state index contributed by atoms with van der Waals surface area (Å²) >= 11 is 0. The van der Waals surface area contributed by atoms with Crippen LogP contribution in [0.4, 0.5) is 5.69 Å². The third-order valence-electron chi connectivity index (χ3n) is 3.73. The van der Waals surface area contributed by atoms with E-state index in [1.165, 1.54) is 11.3 Å². The molecular weight excluding hydrogens is 224 g/mol. The van der Waals surface area contributed by atoms with Crippen molar-refractivity contribution < 1.29 is 4.74 Å². The molecular formula is C15H24N2O. The zero-order chi connectivity index (χ0) is 13.0. The van der Waals surface area contributed by atoms with Crippen molar-refractivity contribution in [2.45, 2.75) is 32.4 Å². The number of rotatable bonds is 5. The zero-order valence-corrected chi connectivity index (χ0v) is 11.6. The fourth-order valence-electron chi connectivity index (χ4n) is 2.70. The first-order valence-corrected chi connectivity index (χ1v) is 6.86. The lowest BCUT2D eigenvalue weighted by Crippen LogP contribution is -2.26. The number of hydrogen-bond acceptors (Lipinski definition) is 3. The van der Waals surface area contributed by atoms with Gasteiger partial charge in [0.1, 0.15) is 0 Å². The summed E-state index contributed by atoms with van der Waals surface area (Å²) in [6.45, 7) is 7.47.